The van der Waals surface area contributed by atoms with Crippen molar-refractivity contribution in [2.75, 3.05) is 13.1 Å². The van der Waals surface area contributed by atoms with Gasteiger partial charge in [0.2, 0.25) is 15.9 Å². The van der Waals surface area contributed by atoms with Gasteiger partial charge in [-0.3, -0.25) is 4.79 Å². The van der Waals surface area contributed by atoms with Crippen LogP contribution in [0.3, 0.4) is 0 Å². The van der Waals surface area contributed by atoms with Crippen LogP contribution in [0.5, 0.6) is 0 Å². The zero-order valence-electron chi connectivity index (χ0n) is 9.90. The number of rotatable bonds is 5. The molecular weight excluding hydrogens is 246 g/mol. The molecule has 7 nitrogen and oxygen atoms in total. The fourth-order valence-electron chi connectivity index (χ4n) is 1.35. The second kappa shape index (κ2) is 5.28. The summed E-state index contributed by atoms with van der Waals surface area (Å²) in [5.41, 5.74) is 0.314. The largest absolute Gasteiger partial charge is 0.360 e. The molecule has 1 aromatic rings. The number of amides is 1. The Balaban J connectivity index is 2.67. The van der Waals surface area contributed by atoms with Crippen molar-refractivity contribution in [1.29, 1.82) is 0 Å². The second-order valence-electron chi connectivity index (χ2n) is 3.53. The first-order chi connectivity index (χ1) is 7.84. The van der Waals surface area contributed by atoms with Gasteiger partial charge >= 0.3 is 0 Å². The van der Waals surface area contributed by atoms with Crippen LogP contribution >= 0.6 is 0 Å². The summed E-state index contributed by atoms with van der Waals surface area (Å²) in [5, 5.41) is 6.06. The lowest BCUT2D eigenvalue weighted by Gasteiger charge is -2.06. The molecule has 0 atom stereocenters. The normalized spacial score (nSPS) is 11.5. The fourth-order valence-corrected chi connectivity index (χ4v) is 2.71. The lowest BCUT2D eigenvalue weighted by molar-refractivity contribution is -0.118. The Labute approximate surface area is 99.6 Å². The Kier molecular flexibility index (Phi) is 4.24. The zero-order valence-corrected chi connectivity index (χ0v) is 10.7. The van der Waals surface area contributed by atoms with Crippen molar-refractivity contribution in [3.8, 4) is 0 Å². The summed E-state index contributed by atoms with van der Waals surface area (Å²) in [4.78, 5) is 10.6. The lowest BCUT2D eigenvalue weighted by Crippen LogP contribution is -2.34. The molecule has 0 radical (unpaired) electrons. The lowest BCUT2D eigenvalue weighted by atomic mass is 10.4. The van der Waals surface area contributed by atoms with Gasteiger partial charge < -0.3 is 9.84 Å². The van der Waals surface area contributed by atoms with Crippen molar-refractivity contribution in [2.45, 2.75) is 25.7 Å². The first-order valence-corrected chi connectivity index (χ1v) is 6.50. The van der Waals surface area contributed by atoms with Crippen molar-refractivity contribution in [3.63, 3.8) is 0 Å². The average Bonchev–Trinajstić information content (AvgIpc) is 2.53. The molecule has 96 valence electrons. The van der Waals surface area contributed by atoms with Gasteiger partial charge in [-0.25, -0.2) is 13.1 Å². The Morgan fingerprint density at radius 3 is 2.47 bits per heavy atom. The molecule has 0 spiro atoms. The van der Waals surface area contributed by atoms with Crippen LogP contribution in [0.1, 0.15) is 18.4 Å². The quantitative estimate of drug-likeness (QED) is 0.709. The number of aromatic nitrogens is 1. The van der Waals surface area contributed by atoms with Crippen LogP contribution in [0.2, 0.25) is 0 Å². The third kappa shape index (κ3) is 3.53. The summed E-state index contributed by atoms with van der Waals surface area (Å²) in [6.45, 7) is 4.80. The van der Waals surface area contributed by atoms with Crippen LogP contribution in [0.4, 0.5) is 0 Å². The van der Waals surface area contributed by atoms with E-state index in [1.165, 1.54) is 13.8 Å². The molecule has 0 saturated heterocycles. The molecule has 2 N–H and O–H groups in total. The summed E-state index contributed by atoms with van der Waals surface area (Å²) in [6, 6.07) is 0. The Morgan fingerprint density at radius 1 is 1.35 bits per heavy atom. The van der Waals surface area contributed by atoms with E-state index in [0.29, 0.717) is 5.69 Å². The van der Waals surface area contributed by atoms with Crippen molar-refractivity contribution in [1.82, 2.24) is 15.2 Å². The Hall–Kier alpha value is -1.41. The van der Waals surface area contributed by atoms with E-state index in [1.807, 2.05) is 0 Å². The standard InChI is InChI=1S/C9H15N3O4S/c1-6-9(7(2)16-12-6)17(14,15)11-5-4-10-8(3)13/h11H,4-5H2,1-3H3,(H,10,13). The minimum Gasteiger partial charge on any atom is -0.360 e. The molecule has 1 amide bonds. The molecule has 0 aliphatic rings. The topological polar surface area (TPSA) is 101 Å². The van der Waals surface area contributed by atoms with Crippen LogP contribution < -0.4 is 10.0 Å². The van der Waals surface area contributed by atoms with Gasteiger partial charge in [-0.05, 0) is 13.8 Å². The SMILES string of the molecule is CC(=O)NCCNS(=O)(=O)c1c(C)noc1C. The molecule has 17 heavy (non-hydrogen) atoms. The van der Waals surface area contributed by atoms with Crippen LogP contribution in [0, 0.1) is 13.8 Å². The second-order valence-corrected chi connectivity index (χ2v) is 5.24. The number of sulfonamides is 1. The first-order valence-electron chi connectivity index (χ1n) is 5.01. The third-order valence-electron chi connectivity index (χ3n) is 2.03. The minimum atomic E-state index is -3.63. The molecule has 0 aliphatic carbocycles. The molecular formula is C9H15N3O4S. The molecule has 0 aromatic carbocycles. The summed E-state index contributed by atoms with van der Waals surface area (Å²) in [5.74, 6) is 0.0380. The van der Waals surface area contributed by atoms with Gasteiger partial charge in [0.05, 0.1) is 0 Å². The van der Waals surface area contributed by atoms with Gasteiger partial charge in [0.15, 0.2) is 5.76 Å². The van der Waals surface area contributed by atoms with E-state index in [-0.39, 0.29) is 29.7 Å². The number of nitrogens with one attached hydrogen (secondary N) is 2. The van der Waals surface area contributed by atoms with Gasteiger partial charge in [-0.2, -0.15) is 0 Å². The monoisotopic (exact) mass is 261 g/mol. The molecule has 1 aromatic heterocycles. The van der Waals surface area contributed by atoms with Gasteiger partial charge in [0.25, 0.3) is 0 Å². The number of carbonyl (C=O) groups excluding carboxylic acids is 1. The maximum Gasteiger partial charge on any atom is 0.246 e. The summed E-state index contributed by atoms with van der Waals surface area (Å²) in [7, 11) is -3.63. The van der Waals surface area contributed by atoms with Crippen LogP contribution in [0.15, 0.2) is 9.42 Å². The number of aryl methyl sites for hydroxylation is 2. The average molecular weight is 261 g/mol. The molecule has 0 unspecified atom stereocenters. The van der Waals surface area contributed by atoms with Crippen molar-refractivity contribution in [3.05, 3.63) is 11.5 Å². The van der Waals surface area contributed by atoms with E-state index in [4.69, 9.17) is 4.52 Å². The Bertz CT molecular complexity index is 487. The van der Waals surface area contributed by atoms with E-state index in [9.17, 15) is 13.2 Å². The van der Waals surface area contributed by atoms with Crippen LogP contribution in [-0.4, -0.2) is 32.6 Å². The highest BCUT2D eigenvalue weighted by atomic mass is 32.2. The fraction of sp³-hybridized carbons (Fsp3) is 0.556. The highest BCUT2D eigenvalue weighted by Gasteiger charge is 2.23. The van der Waals surface area contributed by atoms with E-state index >= 15 is 0 Å². The molecule has 0 fully saturated rings. The molecule has 8 heteroatoms. The van der Waals surface area contributed by atoms with Gasteiger partial charge in [-0.15, -0.1) is 0 Å². The highest BCUT2D eigenvalue weighted by Crippen LogP contribution is 2.17. The number of carbonyl (C=O) groups is 1. The smallest absolute Gasteiger partial charge is 0.246 e. The molecule has 0 saturated carbocycles. The predicted molar refractivity (Wildman–Crippen MR) is 59.8 cm³/mol. The van der Waals surface area contributed by atoms with Gasteiger partial charge in [-0.1, -0.05) is 5.16 Å². The van der Waals surface area contributed by atoms with Crippen molar-refractivity contribution < 1.29 is 17.7 Å². The molecule has 0 bridgehead atoms. The summed E-state index contributed by atoms with van der Waals surface area (Å²) >= 11 is 0. The minimum absolute atomic E-state index is 0.0559. The van der Waals surface area contributed by atoms with Crippen LogP contribution in [-0.2, 0) is 14.8 Å². The number of hydrogen-bond donors (Lipinski definition) is 2. The van der Waals surface area contributed by atoms with E-state index in [2.05, 4.69) is 15.2 Å². The predicted octanol–water partition coefficient (Wildman–Crippen LogP) is -0.294. The van der Waals surface area contributed by atoms with E-state index in [0.717, 1.165) is 0 Å². The zero-order chi connectivity index (χ0) is 13.1. The molecule has 1 rings (SSSR count). The van der Waals surface area contributed by atoms with Crippen molar-refractivity contribution in [2.24, 2.45) is 0 Å². The van der Waals surface area contributed by atoms with Gasteiger partial charge in [0.1, 0.15) is 10.6 Å². The van der Waals surface area contributed by atoms with Crippen LogP contribution in [0.25, 0.3) is 0 Å². The van der Waals surface area contributed by atoms with E-state index in [1.54, 1.807) is 6.92 Å². The van der Waals surface area contributed by atoms with Crippen molar-refractivity contribution >= 4 is 15.9 Å². The Morgan fingerprint density at radius 2 is 2.00 bits per heavy atom. The molecule has 0 aliphatic heterocycles. The summed E-state index contributed by atoms with van der Waals surface area (Å²) < 4.78 is 30.9. The maximum absolute atomic E-state index is 11.9. The molecule has 1 heterocycles. The third-order valence-corrected chi connectivity index (χ3v) is 3.73. The number of hydrogen-bond acceptors (Lipinski definition) is 5. The summed E-state index contributed by atoms with van der Waals surface area (Å²) in [6.07, 6.45) is 0. The van der Waals surface area contributed by atoms with Gasteiger partial charge in [0, 0.05) is 20.0 Å². The number of nitrogens with zero attached hydrogens (tertiary/aromatic N) is 1. The van der Waals surface area contributed by atoms with E-state index < -0.39 is 10.0 Å². The maximum atomic E-state index is 11.9. The first kappa shape index (κ1) is 13.7. The highest BCUT2D eigenvalue weighted by molar-refractivity contribution is 7.89.